The van der Waals surface area contributed by atoms with Crippen molar-refractivity contribution in [2.75, 3.05) is 11.0 Å². The number of nitrogens with zero attached hydrogens (tertiary/aromatic N) is 3. The Morgan fingerprint density at radius 2 is 1.88 bits per heavy atom. The number of hydrogen-bond donors (Lipinski definition) is 1. The third-order valence-corrected chi connectivity index (χ3v) is 5.03. The SMILES string of the molecule is C/C=C(/C)N(CC)/N=C(\C)c1cc(C)ccc1N(N)S(=O)(=O)C(F)(F)F. The van der Waals surface area contributed by atoms with E-state index in [2.05, 4.69) is 5.10 Å². The van der Waals surface area contributed by atoms with Crippen LogP contribution in [0.5, 0.6) is 0 Å². The fraction of sp³-hybridized carbons (Fsp3) is 0.438. The molecule has 146 valence electrons. The summed E-state index contributed by atoms with van der Waals surface area (Å²) in [5, 5.41) is 6.04. The number of sulfonamides is 1. The summed E-state index contributed by atoms with van der Waals surface area (Å²) in [6.07, 6.45) is 1.83. The second-order valence-corrected chi connectivity index (χ2v) is 7.40. The van der Waals surface area contributed by atoms with Gasteiger partial charge in [-0.25, -0.2) is 5.84 Å². The summed E-state index contributed by atoms with van der Waals surface area (Å²) in [5.41, 5.74) is -3.72. The van der Waals surface area contributed by atoms with Crippen molar-refractivity contribution < 1.29 is 21.6 Å². The van der Waals surface area contributed by atoms with E-state index in [1.807, 2.05) is 26.8 Å². The maximum absolute atomic E-state index is 12.8. The number of rotatable bonds is 6. The molecule has 1 aromatic rings. The zero-order valence-corrected chi connectivity index (χ0v) is 16.1. The van der Waals surface area contributed by atoms with E-state index in [9.17, 15) is 21.6 Å². The molecule has 10 heteroatoms. The largest absolute Gasteiger partial charge is 0.518 e. The molecule has 2 N–H and O–H groups in total. The molecule has 0 aliphatic carbocycles. The summed E-state index contributed by atoms with van der Waals surface area (Å²) in [5.74, 6) is 5.34. The van der Waals surface area contributed by atoms with Gasteiger partial charge in [0.15, 0.2) is 0 Å². The smallest absolute Gasteiger partial charge is 0.270 e. The second kappa shape index (κ2) is 8.09. The van der Waals surface area contributed by atoms with Crippen LogP contribution in [0.1, 0.15) is 38.8 Å². The number of anilines is 1. The van der Waals surface area contributed by atoms with Gasteiger partial charge in [-0.2, -0.15) is 31.1 Å². The zero-order valence-electron chi connectivity index (χ0n) is 15.3. The normalized spacial score (nSPS) is 13.7. The van der Waals surface area contributed by atoms with Crippen LogP contribution in [0, 0.1) is 6.92 Å². The van der Waals surface area contributed by atoms with E-state index in [1.165, 1.54) is 12.1 Å². The lowest BCUT2D eigenvalue weighted by atomic mass is 10.1. The Bertz CT molecular complexity index is 817. The molecule has 0 unspecified atom stereocenters. The van der Waals surface area contributed by atoms with E-state index in [0.717, 1.165) is 11.3 Å². The fourth-order valence-corrected chi connectivity index (χ4v) is 2.80. The van der Waals surface area contributed by atoms with Crippen LogP contribution in [0.3, 0.4) is 0 Å². The highest BCUT2D eigenvalue weighted by Gasteiger charge is 2.50. The number of benzene rings is 1. The first-order valence-electron chi connectivity index (χ1n) is 7.79. The molecule has 0 amide bonds. The molecule has 0 saturated heterocycles. The molecule has 6 nitrogen and oxygen atoms in total. The lowest BCUT2D eigenvalue weighted by molar-refractivity contribution is -0.0438. The van der Waals surface area contributed by atoms with Crippen molar-refractivity contribution >= 4 is 21.4 Å². The predicted molar refractivity (Wildman–Crippen MR) is 96.8 cm³/mol. The average molecular weight is 392 g/mol. The number of hydrazone groups is 1. The Morgan fingerprint density at radius 3 is 2.35 bits per heavy atom. The number of halogens is 3. The van der Waals surface area contributed by atoms with Gasteiger partial charge < -0.3 is 0 Å². The minimum Gasteiger partial charge on any atom is -0.270 e. The van der Waals surface area contributed by atoms with E-state index in [4.69, 9.17) is 5.84 Å². The maximum atomic E-state index is 12.8. The van der Waals surface area contributed by atoms with Gasteiger partial charge in [0.05, 0.1) is 11.4 Å². The standard InChI is InChI=1S/C16H23F3N4O2S/c1-6-12(4)22(7-2)21-13(5)14-10-11(3)8-9-15(14)23(20)26(24,25)16(17,18)19/h6,8-10H,7,20H2,1-5H3/b12-6-,21-13+. The number of alkyl halides is 3. The van der Waals surface area contributed by atoms with Crippen molar-refractivity contribution in [1.29, 1.82) is 0 Å². The summed E-state index contributed by atoms with van der Waals surface area (Å²) >= 11 is 0. The molecule has 0 radical (unpaired) electrons. The van der Waals surface area contributed by atoms with Gasteiger partial charge in [-0.05, 0) is 46.8 Å². The number of aryl methyl sites for hydroxylation is 1. The first-order chi connectivity index (χ1) is 11.9. The number of nitrogens with two attached hydrogens (primary N) is 1. The molecule has 0 atom stereocenters. The van der Waals surface area contributed by atoms with Gasteiger partial charge in [0, 0.05) is 17.8 Å². The van der Waals surface area contributed by atoms with Crippen molar-refractivity contribution in [1.82, 2.24) is 5.01 Å². The molecule has 1 rings (SSSR count). The predicted octanol–water partition coefficient (Wildman–Crippen LogP) is 3.49. The van der Waals surface area contributed by atoms with Crippen LogP contribution < -0.4 is 10.3 Å². The summed E-state index contributed by atoms with van der Waals surface area (Å²) < 4.78 is 61.6. The molecule has 0 aliphatic heterocycles. The Labute approximate surface area is 151 Å². The van der Waals surface area contributed by atoms with Gasteiger partial charge in [0.2, 0.25) is 0 Å². The van der Waals surface area contributed by atoms with Crippen molar-refractivity contribution in [3.63, 3.8) is 0 Å². The number of hydrogen-bond acceptors (Lipinski definition) is 5. The summed E-state index contributed by atoms with van der Waals surface area (Å²) in [7, 11) is -5.72. The van der Waals surface area contributed by atoms with Gasteiger partial charge in [0.1, 0.15) is 0 Å². The topological polar surface area (TPSA) is 79.0 Å². The average Bonchev–Trinajstić information content (AvgIpc) is 2.56. The third-order valence-electron chi connectivity index (χ3n) is 3.73. The highest BCUT2D eigenvalue weighted by Crippen LogP contribution is 2.31. The molecule has 0 bridgehead atoms. The number of hydrazine groups is 1. The Morgan fingerprint density at radius 1 is 1.31 bits per heavy atom. The Balaban J connectivity index is 3.53. The van der Waals surface area contributed by atoms with E-state index in [1.54, 1.807) is 24.9 Å². The first kappa shape index (κ1) is 22.0. The quantitative estimate of drug-likeness (QED) is 0.457. The third kappa shape index (κ3) is 4.55. The van der Waals surface area contributed by atoms with Crippen molar-refractivity contribution in [3.05, 3.63) is 41.1 Å². The molecule has 0 aromatic heterocycles. The van der Waals surface area contributed by atoms with E-state index in [0.29, 0.717) is 12.3 Å². The lowest BCUT2D eigenvalue weighted by Crippen LogP contribution is -2.46. The van der Waals surface area contributed by atoms with Gasteiger partial charge in [-0.15, -0.1) is 0 Å². The minimum absolute atomic E-state index is 0.197. The summed E-state index contributed by atoms with van der Waals surface area (Å²) in [4.78, 5) is 0. The van der Waals surface area contributed by atoms with Gasteiger partial charge in [-0.1, -0.05) is 17.7 Å². The van der Waals surface area contributed by atoms with Crippen LogP contribution >= 0.6 is 0 Å². The van der Waals surface area contributed by atoms with Crippen molar-refractivity contribution in [2.45, 2.75) is 40.1 Å². The van der Waals surface area contributed by atoms with Crippen molar-refractivity contribution in [2.24, 2.45) is 10.9 Å². The molecular formula is C16H23F3N4O2S. The van der Waals surface area contributed by atoms with Gasteiger partial charge in [-0.3, -0.25) is 5.01 Å². The first-order valence-corrected chi connectivity index (χ1v) is 9.23. The minimum atomic E-state index is -5.72. The van der Waals surface area contributed by atoms with Crippen LogP contribution in [0.25, 0.3) is 0 Å². The van der Waals surface area contributed by atoms with Crippen LogP contribution in [0.15, 0.2) is 35.1 Å². The Hall–Kier alpha value is -2.07. The van der Waals surface area contributed by atoms with Crippen LogP contribution in [-0.4, -0.2) is 31.2 Å². The second-order valence-electron chi connectivity index (χ2n) is 5.60. The molecule has 0 heterocycles. The van der Waals surface area contributed by atoms with Crippen molar-refractivity contribution in [3.8, 4) is 0 Å². The van der Waals surface area contributed by atoms with Crippen LogP contribution in [-0.2, 0) is 10.0 Å². The highest BCUT2D eigenvalue weighted by molar-refractivity contribution is 7.93. The van der Waals surface area contributed by atoms with E-state index in [-0.39, 0.29) is 15.7 Å². The van der Waals surface area contributed by atoms with Crippen LogP contribution in [0.4, 0.5) is 18.9 Å². The maximum Gasteiger partial charge on any atom is 0.518 e. The molecule has 0 spiro atoms. The molecule has 0 saturated carbocycles. The van der Waals surface area contributed by atoms with Gasteiger partial charge >= 0.3 is 15.5 Å². The molecule has 0 aliphatic rings. The number of allylic oxidation sites excluding steroid dienone is 2. The monoisotopic (exact) mass is 392 g/mol. The zero-order chi connectivity index (χ0) is 20.3. The van der Waals surface area contributed by atoms with Crippen LogP contribution in [0.2, 0.25) is 0 Å². The Kier molecular flexibility index (Phi) is 6.83. The summed E-state index contributed by atoms with van der Waals surface area (Å²) in [6.45, 7) is 9.37. The molecule has 26 heavy (non-hydrogen) atoms. The molecule has 1 aromatic carbocycles. The fourth-order valence-electron chi connectivity index (χ4n) is 2.16. The van der Waals surface area contributed by atoms with Gasteiger partial charge in [0.25, 0.3) is 0 Å². The summed E-state index contributed by atoms with van der Waals surface area (Å²) in [6, 6.07) is 4.25. The molecule has 0 fully saturated rings. The highest BCUT2D eigenvalue weighted by atomic mass is 32.2. The van der Waals surface area contributed by atoms with E-state index < -0.39 is 15.5 Å². The lowest BCUT2D eigenvalue weighted by Gasteiger charge is -2.24. The molecular weight excluding hydrogens is 369 g/mol. The van der Waals surface area contributed by atoms with E-state index >= 15 is 0 Å².